The first-order valence-corrected chi connectivity index (χ1v) is 9.11. The minimum absolute atomic E-state index is 0.142. The number of H-pyrrole nitrogens is 2. The van der Waals surface area contributed by atoms with E-state index in [2.05, 4.69) is 15.1 Å². The quantitative estimate of drug-likeness (QED) is 0.526. The van der Waals surface area contributed by atoms with Gasteiger partial charge in [-0.25, -0.2) is 4.98 Å². The third kappa shape index (κ3) is 3.23. The number of hydrogen-bond donors (Lipinski definition) is 2. The number of fused-ring (bicyclic) bond motifs is 1. The predicted octanol–water partition coefficient (Wildman–Crippen LogP) is 4.30. The summed E-state index contributed by atoms with van der Waals surface area (Å²) < 4.78 is 1.43. The maximum Gasteiger partial charge on any atom is 0.274 e. The van der Waals surface area contributed by atoms with Crippen molar-refractivity contribution in [2.24, 2.45) is 0 Å². The van der Waals surface area contributed by atoms with Gasteiger partial charge in [0.2, 0.25) is 5.95 Å². The van der Waals surface area contributed by atoms with Gasteiger partial charge in [-0.05, 0) is 36.8 Å². The highest BCUT2D eigenvalue weighted by molar-refractivity contribution is 7.98. The molecule has 0 saturated carbocycles. The van der Waals surface area contributed by atoms with E-state index >= 15 is 0 Å². The minimum Gasteiger partial charge on any atom is -0.322 e. The molecule has 2 aromatic carbocycles. The topological polar surface area (TPSA) is 66.5 Å². The number of para-hydroxylation sites is 2. The number of nitrogens with zero attached hydrogens (tertiary/aromatic N) is 2. The van der Waals surface area contributed by atoms with E-state index in [-0.39, 0.29) is 5.56 Å². The Morgan fingerprint density at radius 2 is 2.04 bits per heavy atom. The Morgan fingerprint density at radius 1 is 1.20 bits per heavy atom. The van der Waals surface area contributed by atoms with Gasteiger partial charge in [-0.3, -0.25) is 9.89 Å². The second kappa shape index (κ2) is 6.46. The summed E-state index contributed by atoms with van der Waals surface area (Å²) in [5.41, 5.74) is 3.45. The molecule has 0 bridgehead atoms. The van der Waals surface area contributed by atoms with Crippen molar-refractivity contribution in [3.63, 3.8) is 0 Å². The summed E-state index contributed by atoms with van der Waals surface area (Å²) in [5.74, 6) is 1.13. The van der Waals surface area contributed by atoms with Crippen molar-refractivity contribution < 1.29 is 0 Å². The van der Waals surface area contributed by atoms with E-state index in [0.717, 1.165) is 32.2 Å². The number of nitrogens with one attached hydrogen (secondary N) is 2. The van der Waals surface area contributed by atoms with Crippen molar-refractivity contribution in [2.45, 2.75) is 17.6 Å². The largest absolute Gasteiger partial charge is 0.322 e. The number of thioether (sulfide) groups is 1. The summed E-state index contributed by atoms with van der Waals surface area (Å²) in [6.07, 6.45) is 0. The summed E-state index contributed by atoms with van der Waals surface area (Å²) in [4.78, 5) is 20.9. The summed E-state index contributed by atoms with van der Waals surface area (Å²) in [5, 5.41) is 3.86. The van der Waals surface area contributed by atoms with Gasteiger partial charge in [-0.15, -0.1) is 11.8 Å². The Bertz CT molecular complexity index is 1080. The van der Waals surface area contributed by atoms with Crippen molar-refractivity contribution in [1.29, 1.82) is 0 Å². The van der Waals surface area contributed by atoms with Crippen LogP contribution >= 0.6 is 23.4 Å². The van der Waals surface area contributed by atoms with Crippen molar-refractivity contribution in [2.75, 3.05) is 0 Å². The van der Waals surface area contributed by atoms with Crippen molar-refractivity contribution in [3.05, 3.63) is 75.2 Å². The predicted molar refractivity (Wildman–Crippen MR) is 102 cm³/mol. The lowest BCUT2D eigenvalue weighted by molar-refractivity contribution is 0.789. The first-order chi connectivity index (χ1) is 12.1. The molecule has 126 valence electrons. The van der Waals surface area contributed by atoms with Crippen LogP contribution in [0.2, 0.25) is 5.02 Å². The average molecular weight is 371 g/mol. The number of imidazole rings is 1. The summed E-state index contributed by atoms with van der Waals surface area (Å²) >= 11 is 7.78. The molecule has 4 aromatic rings. The van der Waals surface area contributed by atoms with Crippen LogP contribution in [0.5, 0.6) is 0 Å². The fourth-order valence-electron chi connectivity index (χ4n) is 2.55. The molecule has 25 heavy (non-hydrogen) atoms. The van der Waals surface area contributed by atoms with E-state index in [0.29, 0.717) is 11.7 Å². The smallest absolute Gasteiger partial charge is 0.274 e. The number of aryl methyl sites for hydroxylation is 1. The molecule has 0 fully saturated rings. The van der Waals surface area contributed by atoms with E-state index in [1.165, 1.54) is 4.68 Å². The van der Waals surface area contributed by atoms with Crippen LogP contribution in [0.25, 0.3) is 17.0 Å². The number of hydrogen-bond acceptors (Lipinski definition) is 3. The zero-order valence-electron chi connectivity index (χ0n) is 13.4. The molecule has 0 saturated heterocycles. The van der Waals surface area contributed by atoms with Crippen molar-refractivity contribution in [1.82, 2.24) is 19.7 Å². The Balaban J connectivity index is 1.57. The Morgan fingerprint density at radius 3 is 2.84 bits per heavy atom. The third-order valence-electron chi connectivity index (χ3n) is 3.90. The molecule has 0 atom stereocenters. The van der Waals surface area contributed by atoms with Crippen molar-refractivity contribution in [3.8, 4) is 5.95 Å². The molecule has 0 aliphatic heterocycles. The number of benzene rings is 2. The lowest BCUT2D eigenvalue weighted by Gasteiger charge is -2.03. The lowest BCUT2D eigenvalue weighted by Crippen LogP contribution is -2.14. The fourth-order valence-corrected chi connectivity index (χ4v) is 3.63. The fraction of sp³-hybridized carbons (Fsp3) is 0.111. The number of aromatic nitrogens is 4. The third-order valence-corrected chi connectivity index (χ3v) is 5.35. The SMILES string of the molecule is Cc1ccc(SCc2cc(=O)n(-c3nc4ccccc4[nH]3)[nH]2)cc1Cl. The van der Waals surface area contributed by atoms with E-state index in [4.69, 9.17) is 11.6 Å². The van der Waals surface area contributed by atoms with E-state index in [1.807, 2.05) is 49.4 Å². The number of halogens is 1. The normalized spacial score (nSPS) is 11.3. The highest BCUT2D eigenvalue weighted by Gasteiger charge is 2.10. The van der Waals surface area contributed by atoms with Gasteiger partial charge in [-0.1, -0.05) is 29.8 Å². The van der Waals surface area contributed by atoms with Crippen LogP contribution in [-0.2, 0) is 5.75 Å². The zero-order valence-corrected chi connectivity index (χ0v) is 15.0. The zero-order chi connectivity index (χ0) is 17.4. The maximum atomic E-state index is 12.3. The van der Waals surface area contributed by atoms with Gasteiger partial charge in [0.15, 0.2) is 0 Å². The van der Waals surface area contributed by atoms with Crippen LogP contribution in [0.1, 0.15) is 11.3 Å². The molecule has 4 rings (SSSR count). The van der Waals surface area contributed by atoms with Gasteiger partial charge in [-0.2, -0.15) is 4.68 Å². The van der Waals surface area contributed by atoms with Gasteiger partial charge in [0.05, 0.1) is 11.0 Å². The molecule has 2 aromatic heterocycles. The molecule has 0 unspecified atom stereocenters. The van der Waals surface area contributed by atoms with Gasteiger partial charge in [0.1, 0.15) is 0 Å². The molecule has 2 heterocycles. The van der Waals surface area contributed by atoms with Crippen LogP contribution in [0.4, 0.5) is 0 Å². The molecule has 2 N–H and O–H groups in total. The Hall–Kier alpha value is -2.44. The lowest BCUT2D eigenvalue weighted by atomic mass is 10.2. The van der Waals surface area contributed by atoms with E-state index in [1.54, 1.807) is 17.8 Å². The first-order valence-electron chi connectivity index (χ1n) is 7.75. The Labute approximate surface area is 153 Å². The molecule has 0 aliphatic rings. The molecule has 0 aliphatic carbocycles. The minimum atomic E-state index is -0.142. The van der Waals surface area contributed by atoms with Gasteiger partial charge >= 0.3 is 0 Å². The second-order valence-electron chi connectivity index (χ2n) is 5.73. The second-order valence-corrected chi connectivity index (χ2v) is 7.19. The summed E-state index contributed by atoms with van der Waals surface area (Å²) in [7, 11) is 0. The van der Waals surface area contributed by atoms with Crippen LogP contribution < -0.4 is 5.56 Å². The van der Waals surface area contributed by atoms with Crippen LogP contribution in [-0.4, -0.2) is 19.7 Å². The van der Waals surface area contributed by atoms with Gasteiger partial charge < -0.3 is 4.98 Å². The van der Waals surface area contributed by atoms with E-state index in [9.17, 15) is 4.79 Å². The van der Waals surface area contributed by atoms with Gasteiger partial charge in [0.25, 0.3) is 5.56 Å². The first kappa shape index (κ1) is 16.1. The summed E-state index contributed by atoms with van der Waals surface area (Å²) in [6, 6.07) is 15.2. The number of rotatable bonds is 4. The maximum absolute atomic E-state index is 12.3. The molecule has 5 nitrogen and oxygen atoms in total. The molecule has 0 spiro atoms. The highest BCUT2D eigenvalue weighted by atomic mass is 35.5. The van der Waals surface area contributed by atoms with Crippen LogP contribution in [0, 0.1) is 6.92 Å². The molecule has 7 heteroatoms. The molecule has 0 radical (unpaired) electrons. The average Bonchev–Trinajstić information content (AvgIpc) is 3.19. The highest BCUT2D eigenvalue weighted by Crippen LogP contribution is 2.26. The molecular weight excluding hydrogens is 356 g/mol. The molecular formula is C18H15ClN4OS. The van der Waals surface area contributed by atoms with Gasteiger partial charge in [0, 0.05) is 27.4 Å². The number of aromatic amines is 2. The monoisotopic (exact) mass is 370 g/mol. The van der Waals surface area contributed by atoms with Crippen LogP contribution in [0.15, 0.2) is 58.2 Å². The van der Waals surface area contributed by atoms with Crippen LogP contribution in [0.3, 0.4) is 0 Å². The standard InChI is InChI=1S/C18H15ClN4OS/c1-11-6-7-13(9-14(11)19)25-10-12-8-17(24)23(22-12)18-20-15-4-2-3-5-16(15)21-18/h2-9,22H,10H2,1H3,(H,20,21). The Kier molecular flexibility index (Phi) is 4.15. The van der Waals surface area contributed by atoms with E-state index < -0.39 is 0 Å². The molecule has 0 amide bonds. The summed E-state index contributed by atoms with van der Waals surface area (Å²) in [6.45, 7) is 1.97. The van der Waals surface area contributed by atoms with Crippen molar-refractivity contribution >= 4 is 34.4 Å².